The second-order valence-corrected chi connectivity index (χ2v) is 9.39. The van der Waals surface area contributed by atoms with E-state index in [-0.39, 0.29) is 29.2 Å². The third kappa shape index (κ3) is 6.54. The first-order valence-electron chi connectivity index (χ1n) is 12.8. The molecule has 0 bridgehead atoms. The number of carbonyl (C=O) groups is 1. The van der Waals surface area contributed by atoms with Crippen molar-refractivity contribution >= 4 is 22.6 Å². The number of ether oxygens (including phenoxy) is 1. The van der Waals surface area contributed by atoms with Crippen molar-refractivity contribution in [2.45, 2.75) is 53.3 Å². The number of aryl methyl sites for hydroxylation is 2. The molecule has 0 spiro atoms. The van der Waals surface area contributed by atoms with Gasteiger partial charge in [0.1, 0.15) is 17.5 Å². The molecule has 4 rings (SSSR count). The summed E-state index contributed by atoms with van der Waals surface area (Å²) in [5, 5.41) is 10.1. The van der Waals surface area contributed by atoms with Crippen LogP contribution in [0.2, 0.25) is 0 Å². The number of anilines is 1. The minimum absolute atomic E-state index is 0.0585. The molecule has 4 aromatic rings. The Morgan fingerprint density at radius 1 is 1.05 bits per heavy atom. The molecule has 206 valence electrons. The smallest absolute Gasteiger partial charge is 0.416 e. The fourth-order valence-corrected chi connectivity index (χ4v) is 4.41. The van der Waals surface area contributed by atoms with Gasteiger partial charge in [-0.3, -0.25) is 14.8 Å². The number of amides is 1. The second kappa shape index (κ2) is 11.8. The number of H-pyrrole nitrogens is 1. The van der Waals surface area contributed by atoms with Crippen LogP contribution in [0.4, 0.5) is 18.9 Å². The van der Waals surface area contributed by atoms with Crippen LogP contribution in [0.1, 0.15) is 59.4 Å². The average molecular weight is 541 g/mol. The van der Waals surface area contributed by atoms with Crippen LogP contribution < -0.4 is 10.1 Å². The normalized spacial score (nSPS) is 11.8. The number of aromatic amines is 1. The Kier molecular flexibility index (Phi) is 8.49. The van der Waals surface area contributed by atoms with E-state index in [0.717, 1.165) is 24.5 Å². The number of hydrogen-bond donors (Lipinski definition) is 2. The summed E-state index contributed by atoms with van der Waals surface area (Å²) in [6.07, 6.45) is -1.52. The number of rotatable bonds is 10. The van der Waals surface area contributed by atoms with Crippen molar-refractivity contribution in [3.63, 3.8) is 0 Å². The Bertz CT molecular complexity index is 1460. The number of nitrogens with zero attached hydrogens (tertiary/aromatic N) is 4. The van der Waals surface area contributed by atoms with E-state index >= 15 is 0 Å². The van der Waals surface area contributed by atoms with Crippen LogP contribution in [0.3, 0.4) is 0 Å². The summed E-state index contributed by atoms with van der Waals surface area (Å²) in [6.45, 7) is 9.21. The highest BCUT2D eigenvalue weighted by atomic mass is 19.4. The summed E-state index contributed by atoms with van der Waals surface area (Å²) < 4.78 is 47.9. The third-order valence-corrected chi connectivity index (χ3v) is 6.31. The Morgan fingerprint density at radius 2 is 1.79 bits per heavy atom. The molecule has 0 radical (unpaired) electrons. The number of carbonyl (C=O) groups excluding carboxylic acids is 1. The van der Waals surface area contributed by atoms with Gasteiger partial charge in [0, 0.05) is 17.8 Å². The van der Waals surface area contributed by atoms with E-state index in [1.165, 1.54) is 24.5 Å². The molecule has 2 aromatic carbocycles. The second-order valence-electron chi connectivity index (χ2n) is 9.39. The largest absolute Gasteiger partial charge is 0.438 e. The maximum atomic E-state index is 14.0. The van der Waals surface area contributed by atoms with Crippen LogP contribution in [-0.4, -0.2) is 44.1 Å². The summed E-state index contributed by atoms with van der Waals surface area (Å²) in [7, 11) is 0. The van der Waals surface area contributed by atoms with E-state index in [0.29, 0.717) is 35.6 Å². The number of nitrogens with one attached hydrogen (secondary N) is 2. The van der Waals surface area contributed by atoms with Gasteiger partial charge in [0.2, 0.25) is 5.88 Å². The molecule has 1 amide bonds. The lowest BCUT2D eigenvalue weighted by molar-refractivity contribution is -0.138. The maximum absolute atomic E-state index is 14.0. The Labute approximate surface area is 224 Å². The quantitative estimate of drug-likeness (QED) is 0.234. The van der Waals surface area contributed by atoms with E-state index in [1.54, 1.807) is 19.1 Å². The zero-order chi connectivity index (χ0) is 28.2. The van der Waals surface area contributed by atoms with Crippen LogP contribution in [0.25, 0.3) is 11.0 Å². The topological polar surface area (TPSA) is 96.0 Å². The molecule has 11 heteroatoms. The first-order valence-corrected chi connectivity index (χ1v) is 12.8. The summed E-state index contributed by atoms with van der Waals surface area (Å²) in [5.74, 6) is 0.0886. The van der Waals surface area contributed by atoms with Crippen molar-refractivity contribution < 1.29 is 22.7 Å². The molecule has 0 saturated carbocycles. The fourth-order valence-electron chi connectivity index (χ4n) is 4.41. The maximum Gasteiger partial charge on any atom is 0.416 e. The van der Waals surface area contributed by atoms with Gasteiger partial charge < -0.3 is 10.1 Å². The van der Waals surface area contributed by atoms with Gasteiger partial charge in [-0.25, -0.2) is 9.97 Å². The number of aromatic nitrogens is 4. The van der Waals surface area contributed by atoms with E-state index in [1.807, 2.05) is 25.7 Å². The minimum Gasteiger partial charge on any atom is -0.438 e. The van der Waals surface area contributed by atoms with E-state index in [2.05, 4.69) is 25.5 Å². The van der Waals surface area contributed by atoms with Crippen LogP contribution in [-0.2, 0) is 12.7 Å². The van der Waals surface area contributed by atoms with Crippen molar-refractivity contribution in [1.29, 1.82) is 0 Å². The minimum atomic E-state index is -4.56. The highest BCUT2D eigenvalue weighted by Gasteiger charge is 2.34. The van der Waals surface area contributed by atoms with E-state index in [9.17, 15) is 18.0 Å². The van der Waals surface area contributed by atoms with Gasteiger partial charge in [0.05, 0.1) is 11.3 Å². The third-order valence-electron chi connectivity index (χ3n) is 6.31. The lowest BCUT2D eigenvalue weighted by Crippen LogP contribution is -2.26. The zero-order valence-corrected chi connectivity index (χ0v) is 22.3. The van der Waals surface area contributed by atoms with E-state index < -0.39 is 17.6 Å². The van der Waals surface area contributed by atoms with Crippen LogP contribution in [0.5, 0.6) is 11.6 Å². The molecule has 39 heavy (non-hydrogen) atoms. The predicted octanol–water partition coefficient (Wildman–Crippen LogP) is 6.66. The number of fused-ring (bicyclic) bond motifs is 1. The fraction of sp³-hybridized carbons (Fsp3) is 0.357. The lowest BCUT2D eigenvalue weighted by Gasteiger charge is -2.23. The monoisotopic (exact) mass is 540 g/mol. The van der Waals surface area contributed by atoms with Crippen LogP contribution >= 0.6 is 0 Å². The highest BCUT2D eigenvalue weighted by molar-refractivity contribution is 6.04. The van der Waals surface area contributed by atoms with Gasteiger partial charge in [0.25, 0.3) is 5.91 Å². The molecule has 0 atom stereocenters. The molecule has 0 unspecified atom stereocenters. The molecule has 0 aliphatic rings. The number of halogens is 3. The molecule has 2 heterocycles. The first-order chi connectivity index (χ1) is 18.6. The van der Waals surface area contributed by atoms with Crippen LogP contribution in [0.15, 0.2) is 42.7 Å². The van der Waals surface area contributed by atoms with Crippen molar-refractivity contribution in [2.24, 2.45) is 0 Å². The predicted molar refractivity (Wildman–Crippen MR) is 143 cm³/mol. The van der Waals surface area contributed by atoms with Gasteiger partial charge in [-0.05, 0) is 75.2 Å². The SMILES string of the molecule is CCCN(CCC)Cc1ccc(NC(=O)c2ccc(C)c(Oc3ncnc4[nH]nc(C)c34)c2)cc1C(F)(F)F. The molecule has 2 aromatic heterocycles. The standard InChI is InChI=1S/C28H31F3N6O2/c1-5-11-37(12-6-2)15-20-9-10-21(14-22(20)28(29,30)31)34-26(38)19-8-7-17(3)23(13-19)39-27-24-18(4)35-36-25(24)32-16-33-27/h7-10,13-14,16H,5-6,11-12,15H2,1-4H3,(H,34,38)(H,32,33,35,36). The summed E-state index contributed by atoms with van der Waals surface area (Å²) >= 11 is 0. The first kappa shape index (κ1) is 28.0. The molecule has 2 N–H and O–H groups in total. The zero-order valence-electron chi connectivity index (χ0n) is 22.3. The average Bonchev–Trinajstić information content (AvgIpc) is 3.27. The van der Waals surface area contributed by atoms with Gasteiger partial charge in [-0.1, -0.05) is 26.0 Å². The van der Waals surface area contributed by atoms with Crippen molar-refractivity contribution in [3.05, 3.63) is 70.7 Å². The van der Waals surface area contributed by atoms with Gasteiger partial charge in [-0.2, -0.15) is 18.3 Å². The molecule has 0 aliphatic carbocycles. The Balaban J connectivity index is 1.57. The molecule has 0 saturated heterocycles. The van der Waals surface area contributed by atoms with Crippen molar-refractivity contribution in [1.82, 2.24) is 25.1 Å². The number of alkyl halides is 3. The van der Waals surface area contributed by atoms with E-state index in [4.69, 9.17) is 4.74 Å². The highest BCUT2D eigenvalue weighted by Crippen LogP contribution is 2.35. The Morgan fingerprint density at radius 3 is 2.49 bits per heavy atom. The molecule has 8 nitrogen and oxygen atoms in total. The lowest BCUT2D eigenvalue weighted by atomic mass is 10.0. The molecular weight excluding hydrogens is 509 g/mol. The van der Waals surface area contributed by atoms with Crippen LogP contribution in [0, 0.1) is 13.8 Å². The van der Waals surface area contributed by atoms with Gasteiger partial charge in [-0.15, -0.1) is 0 Å². The summed E-state index contributed by atoms with van der Waals surface area (Å²) in [6, 6.07) is 8.75. The summed E-state index contributed by atoms with van der Waals surface area (Å²) in [4.78, 5) is 23.4. The summed E-state index contributed by atoms with van der Waals surface area (Å²) in [5.41, 5.74) is 1.62. The van der Waals surface area contributed by atoms with Crippen molar-refractivity contribution in [2.75, 3.05) is 18.4 Å². The number of benzene rings is 2. The Hall–Kier alpha value is -3.99. The molecular formula is C28H31F3N6O2. The molecule has 0 fully saturated rings. The van der Waals surface area contributed by atoms with Gasteiger partial charge in [0.15, 0.2) is 5.65 Å². The van der Waals surface area contributed by atoms with Crippen molar-refractivity contribution in [3.8, 4) is 11.6 Å². The van der Waals surface area contributed by atoms with Gasteiger partial charge >= 0.3 is 6.18 Å². The number of hydrogen-bond acceptors (Lipinski definition) is 6. The molecule has 0 aliphatic heterocycles.